The Hall–Kier alpha value is 0.107. The summed E-state index contributed by atoms with van der Waals surface area (Å²) in [7, 11) is -1.00. The topological polar surface area (TPSA) is 26.0 Å². The standard InChI is InChI=1S/C11H23NSSi/c1-14(2,3)13-11-8-6-4-5-7-10(11)9-12/h9,11H,4-8,12H2,1-3H3. The summed E-state index contributed by atoms with van der Waals surface area (Å²) in [6.07, 6.45) is 8.57. The van der Waals surface area contributed by atoms with Crippen molar-refractivity contribution in [2.24, 2.45) is 5.73 Å². The highest BCUT2D eigenvalue weighted by molar-refractivity contribution is 8.29. The quantitative estimate of drug-likeness (QED) is 0.577. The maximum Gasteiger partial charge on any atom is 0.109 e. The summed E-state index contributed by atoms with van der Waals surface area (Å²) in [5, 5.41) is 0.731. The minimum atomic E-state index is -1.00. The normalized spacial score (nSPS) is 27.6. The van der Waals surface area contributed by atoms with Crippen LogP contribution in [0.15, 0.2) is 11.8 Å². The lowest BCUT2D eigenvalue weighted by atomic mass is 10.1. The van der Waals surface area contributed by atoms with E-state index in [9.17, 15) is 0 Å². The molecule has 0 bridgehead atoms. The molecule has 3 heteroatoms. The van der Waals surface area contributed by atoms with Crippen LogP contribution in [-0.4, -0.2) is 12.5 Å². The average molecular weight is 229 g/mol. The minimum absolute atomic E-state index is 0.731. The molecule has 14 heavy (non-hydrogen) atoms. The van der Waals surface area contributed by atoms with Gasteiger partial charge in [-0.25, -0.2) is 0 Å². The number of hydrogen-bond acceptors (Lipinski definition) is 2. The zero-order valence-corrected chi connectivity index (χ0v) is 11.5. The first-order chi connectivity index (χ1) is 6.53. The van der Waals surface area contributed by atoms with Crippen LogP contribution in [0.4, 0.5) is 0 Å². The van der Waals surface area contributed by atoms with E-state index in [1.54, 1.807) is 0 Å². The molecule has 1 atom stereocenters. The van der Waals surface area contributed by atoms with E-state index in [0.29, 0.717) is 0 Å². The summed E-state index contributed by atoms with van der Waals surface area (Å²) in [4.78, 5) is 0. The molecule has 2 N–H and O–H groups in total. The van der Waals surface area contributed by atoms with Crippen molar-refractivity contribution >= 4 is 18.4 Å². The Morgan fingerprint density at radius 2 is 2.00 bits per heavy atom. The summed E-state index contributed by atoms with van der Waals surface area (Å²) in [5.41, 5.74) is 7.23. The molecule has 0 aliphatic heterocycles. The SMILES string of the molecule is C[Si](C)(C)SC1CCCCCC1=CN. The molecule has 1 unspecified atom stereocenters. The molecule has 1 aliphatic carbocycles. The number of nitrogens with two attached hydrogens (primary N) is 1. The molecule has 1 saturated carbocycles. The second-order valence-corrected chi connectivity index (χ2v) is 14.5. The predicted octanol–water partition coefficient (Wildman–Crippen LogP) is 3.73. The minimum Gasteiger partial charge on any atom is -0.405 e. The van der Waals surface area contributed by atoms with Gasteiger partial charge in [0.25, 0.3) is 0 Å². The number of hydrogen-bond donors (Lipinski definition) is 1. The van der Waals surface area contributed by atoms with E-state index in [0.717, 1.165) is 5.25 Å². The summed E-state index contributed by atoms with van der Waals surface area (Å²) in [6.45, 7) is 7.28. The molecule has 0 heterocycles. The van der Waals surface area contributed by atoms with Gasteiger partial charge >= 0.3 is 0 Å². The summed E-state index contributed by atoms with van der Waals surface area (Å²) < 4.78 is 0. The Balaban J connectivity index is 2.62. The zero-order valence-electron chi connectivity index (χ0n) is 9.68. The van der Waals surface area contributed by atoms with Gasteiger partial charge in [0, 0.05) is 5.25 Å². The molecule has 0 aromatic heterocycles. The van der Waals surface area contributed by atoms with Crippen LogP contribution in [-0.2, 0) is 0 Å². The fraction of sp³-hybridized carbons (Fsp3) is 0.818. The van der Waals surface area contributed by atoms with Crippen LogP contribution >= 0.6 is 11.2 Å². The van der Waals surface area contributed by atoms with E-state index < -0.39 is 7.22 Å². The first kappa shape index (κ1) is 12.2. The zero-order chi connectivity index (χ0) is 10.6. The molecular formula is C11H23NSSi. The van der Waals surface area contributed by atoms with E-state index in [4.69, 9.17) is 5.73 Å². The van der Waals surface area contributed by atoms with Crippen molar-refractivity contribution in [3.8, 4) is 0 Å². The van der Waals surface area contributed by atoms with Gasteiger partial charge in [0.15, 0.2) is 0 Å². The van der Waals surface area contributed by atoms with Crippen LogP contribution in [0.2, 0.25) is 19.6 Å². The van der Waals surface area contributed by atoms with Crippen LogP contribution in [0.5, 0.6) is 0 Å². The lowest BCUT2D eigenvalue weighted by Crippen LogP contribution is -2.21. The fourth-order valence-electron chi connectivity index (χ4n) is 1.93. The summed E-state index contributed by atoms with van der Waals surface area (Å²) in [6, 6.07) is 0. The molecule has 0 aromatic carbocycles. The molecule has 0 spiro atoms. The molecule has 1 fully saturated rings. The maximum absolute atomic E-state index is 5.72. The summed E-state index contributed by atoms with van der Waals surface area (Å²) in [5.74, 6) is 0. The highest BCUT2D eigenvalue weighted by atomic mass is 32.4. The van der Waals surface area contributed by atoms with E-state index in [-0.39, 0.29) is 0 Å². The van der Waals surface area contributed by atoms with Gasteiger partial charge in [-0.1, -0.05) is 32.5 Å². The smallest absolute Gasteiger partial charge is 0.109 e. The average Bonchev–Trinajstić information content (AvgIpc) is 2.27. The molecule has 82 valence electrons. The van der Waals surface area contributed by atoms with Crippen LogP contribution in [0.3, 0.4) is 0 Å². The lowest BCUT2D eigenvalue weighted by molar-refractivity contribution is 0.706. The highest BCUT2D eigenvalue weighted by Crippen LogP contribution is 2.36. The van der Waals surface area contributed by atoms with Crippen molar-refractivity contribution in [3.05, 3.63) is 11.8 Å². The Labute approximate surface area is 93.2 Å². The predicted molar refractivity (Wildman–Crippen MR) is 70.1 cm³/mol. The van der Waals surface area contributed by atoms with E-state index in [1.165, 1.54) is 37.7 Å². The van der Waals surface area contributed by atoms with Crippen molar-refractivity contribution in [1.29, 1.82) is 0 Å². The van der Waals surface area contributed by atoms with Crippen molar-refractivity contribution in [2.45, 2.75) is 57.0 Å². The van der Waals surface area contributed by atoms with Gasteiger partial charge in [0.2, 0.25) is 0 Å². The Morgan fingerprint density at radius 1 is 1.29 bits per heavy atom. The second-order valence-electron chi connectivity index (χ2n) is 5.06. The molecule has 1 rings (SSSR count). The highest BCUT2D eigenvalue weighted by Gasteiger charge is 2.24. The molecular weight excluding hydrogens is 206 g/mol. The Morgan fingerprint density at radius 3 is 2.57 bits per heavy atom. The molecule has 0 aromatic rings. The third-order valence-electron chi connectivity index (χ3n) is 2.56. The van der Waals surface area contributed by atoms with Gasteiger partial charge in [-0.3, -0.25) is 0 Å². The molecule has 1 nitrogen and oxygen atoms in total. The van der Waals surface area contributed by atoms with Crippen LogP contribution < -0.4 is 5.73 Å². The first-order valence-corrected chi connectivity index (χ1v) is 10.7. The van der Waals surface area contributed by atoms with Gasteiger partial charge in [-0.15, -0.1) is 0 Å². The van der Waals surface area contributed by atoms with E-state index in [1.807, 2.05) is 6.20 Å². The van der Waals surface area contributed by atoms with Gasteiger partial charge in [0.1, 0.15) is 7.22 Å². The van der Waals surface area contributed by atoms with E-state index in [2.05, 4.69) is 30.9 Å². The maximum atomic E-state index is 5.72. The third kappa shape index (κ3) is 4.09. The molecule has 1 aliphatic rings. The molecule has 0 saturated heterocycles. The Kier molecular flexibility index (Phi) is 4.58. The third-order valence-corrected chi connectivity index (χ3v) is 7.06. The largest absolute Gasteiger partial charge is 0.405 e. The van der Waals surface area contributed by atoms with Gasteiger partial charge in [-0.05, 0) is 31.0 Å². The Bertz CT molecular complexity index is 208. The fourth-order valence-corrected chi connectivity index (χ4v) is 6.79. The van der Waals surface area contributed by atoms with Crippen LogP contribution in [0.1, 0.15) is 32.1 Å². The second kappa shape index (κ2) is 5.26. The lowest BCUT2D eigenvalue weighted by Gasteiger charge is -2.25. The van der Waals surface area contributed by atoms with Crippen LogP contribution in [0.25, 0.3) is 0 Å². The van der Waals surface area contributed by atoms with Crippen molar-refractivity contribution in [3.63, 3.8) is 0 Å². The molecule has 0 amide bonds. The molecule has 0 radical (unpaired) electrons. The van der Waals surface area contributed by atoms with Gasteiger partial charge in [-0.2, -0.15) is 11.2 Å². The number of rotatable bonds is 2. The van der Waals surface area contributed by atoms with Crippen molar-refractivity contribution < 1.29 is 0 Å². The summed E-state index contributed by atoms with van der Waals surface area (Å²) >= 11 is 2.21. The van der Waals surface area contributed by atoms with Crippen LogP contribution in [0, 0.1) is 0 Å². The van der Waals surface area contributed by atoms with Gasteiger partial charge in [0.05, 0.1) is 0 Å². The monoisotopic (exact) mass is 229 g/mol. The first-order valence-electron chi connectivity index (χ1n) is 5.61. The van der Waals surface area contributed by atoms with Crippen molar-refractivity contribution in [1.82, 2.24) is 0 Å². The van der Waals surface area contributed by atoms with E-state index >= 15 is 0 Å². The van der Waals surface area contributed by atoms with Crippen molar-refractivity contribution in [2.75, 3.05) is 0 Å². The van der Waals surface area contributed by atoms with Gasteiger partial charge < -0.3 is 5.73 Å².